The second-order valence-corrected chi connectivity index (χ2v) is 5.41. The molecule has 1 heterocycles. The SMILES string of the molecule is Cc1cc(NS(=O)(=O)c2ccccc2O)ccn1. The van der Waals surface area contributed by atoms with Gasteiger partial charge in [-0.1, -0.05) is 12.1 Å². The van der Waals surface area contributed by atoms with Crippen LogP contribution in [0.3, 0.4) is 0 Å². The number of nitrogens with zero attached hydrogens (tertiary/aromatic N) is 1. The zero-order valence-electron chi connectivity index (χ0n) is 9.66. The van der Waals surface area contributed by atoms with Gasteiger partial charge in [0.25, 0.3) is 10.0 Å². The zero-order valence-corrected chi connectivity index (χ0v) is 10.5. The van der Waals surface area contributed by atoms with Gasteiger partial charge < -0.3 is 5.11 Å². The van der Waals surface area contributed by atoms with Gasteiger partial charge in [0.05, 0.1) is 5.69 Å². The van der Waals surface area contributed by atoms with E-state index < -0.39 is 10.0 Å². The molecule has 18 heavy (non-hydrogen) atoms. The first kappa shape index (κ1) is 12.4. The molecule has 5 nitrogen and oxygen atoms in total. The van der Waals surface area contributed by atoms with E-state index in [0.717, 1.165) is 0 Å². The van der Waals surface area contributed by atoms with E-state index in [9.17, 15) is 13.5 Å². The number of nitrogens with one attached hydrogen (secondary N) is 1. The molecule has 1 aromatic heterocycles. The fraction of sp³-hybridized carbons (Fsp3) is 0.0833. The van der Waals surface area contributed by atoms with Gasteiger partial charge in [-0.2, -0.15) is 0 Å². The molecule has 0 aliphatic heterocycles. The molecule has 0 aliphatic carbocycles. The third-order valence-electron chi connectivity index (χ3n) is 2.30. The van der Waals surface area contributed by atoms with Gasteiger partial charge in [0.1, 0.15) is 10.6 Å². The van der Waals surface area contributed by atoms with Crippen molar-refractivity contribution in [2.45, 2.75) is 11.8 Å². The highest BCUT2D eigenvalue weighted by Crippen LogP contribution is 2.23. The summed E-state index contributed by atoms with van der Waals surface area (Å²) in [5, 5.41) is 9.55. The number of phenolic OH excluding ortho intramolecular Hbond substituents is 1. The number of para-hydroxylation sites is 1. The molecule has 0 aliphatic rings. The lowest BCUT2D eigenvalue weighted by Gasteiger charge is -2.09. The first-order valence-electron chi connectivity index (χ1n) is 5.22. The molecule has 0 spiro atoms. The Kier molecular flexibility index (Phi) is 3.20. The van der Waals surface area contributed by atoms with Crippen molar-refractivity contribution in [3.8, 4) is 5.75 Å². The maximum absolute atomic E-state index is 12.0. The molecule has 0 atom stereocenters. The molecule has 2 aromatic rings. The molecule has 0 amide bonds. The summed E-state index contributed by atoms with van der Waals surface area (Å²) in [6.45, 7) is 1.76. The van der Waals surface area contributed by atoms with E-state index in [4.69, 9.17) is 0 Å². The van der Waals surface area contributed by atoms with Crippen LogP contribution >= 0.6 is 0 Å². The summed E-state index contributed by atoms with van der Waals surface area (Å²) in [6, 6.07) is 8.93. The van der Waals surface area contributed by atoms with Crippen LogP contribution in [0.5, 0.6) is 5.75 Å². The Morgan fingerprint density at radius 3 is 2.61 bits per heavy atom. The van der Waals surface area contributed by atoms with Crippen molar-refractivity contribution in [1.29, 1.82) is 0 Å². The van der Waals surface area contributed by atoms with Gasteiger partial charge in [-0.3, -0.25) is 9.71 Å². The standard InChI is InChI=1S/C12H12N2O3S/c1-9-8-10(6-7-13-9)14-18(16,17)12-5-3-2-4-11(12)15/h2-8,15H,1H3,(H,13,14). The van der Waals surface area contributed by atoms with Crippen LogP contribution in [0.4, 0.5) is 5.69 Å². The van der Waals surface area contributed by atoms with E-state index in [1.54, 1.807) is 31.2 Å². The van der Waals surface area contributed by atoms with Gasteiger partial charge >= 0.3 is 0 Å². The summed E-state index contributed by atoms with van der Waals surface area (Å²) < 4.78 is 26.5. The van der Waals surface area contributed by atoms with E-state index in [0.29, 0.717) is 11.4 Å². The smallest absolute Gasteiger partial charge is 0.265 e. The van der Waals surface area contributed by atoms with Crippen LogP contribution in [-0.4, -0.2) is 18.5 Å². The minimum Gasteiger partial charge on any atom is -0.507 e. The summed E-state index contributed by atoms with van der Waals surface area (Å²) in [7, 11) is -3.79. The van der Waals surface area contributed by atoms with Crippen LogP contribution < -0.4 is 4.72 Å². The third-order valence-corrected chi connectivity index (χ3v) is 3.73. The van der Waals surface area contributed by atoms with E-state index in [1.165, 1.54) is 18.3 Å². The van der Waals surface area contributed by atoms with E-state index in [-0.39, 0.29) is 10.6 Å². The van der Waals surface area contributed by atoms with Gasteiger partial charge in [0, 0.05) is 11.9 Å². The number of rotatable bonds is 3. The molecule has 0 fully saturated rings. The maximum atomic E-state index is 12.0. The Labute approximate surface area is 105 Å². The minimum atomic E-state index is -3.79. The molecule has 0 bridgehead atoms. The van der Waals surface area contributed by atoms with Crippen LogP contribution in [0.2, 0.25) is 0 Å². The molecule has 0 saturated heterocycles. The summed E-state index contributed by atoms with van der Waals surface area (Å²) >= 11 is 0. The summed E-state index contributed by atoms with van der Waals surface area (Å²) in [4.78, 5) is 3.82. The van der Waals surface area contributed by atoms with Crippen molar-refractivity contribution in [3.05, 3.63) is 48.3 Å². The highest BCUT2D eigenvalue weighted by molar-refractivity contribution is 7.92. The Morgan fingerprint density at radius 2 is 1.94 bits per heavy atom. The van der Waals surface area contributed by atoms with Crippen molar-refractivity contribution in [2.75, 3.05) is 4.72 Å². The van der Waals surface area contributed by atoms with Gasteiger partial charge in [-0.25, -0.2) is 8.42 Å². The monoisotopic (exact) mass is 264 g/mol. The number of aryl methyl sites for hydroxylation is 1. The van der Waals surface area contributed by atoms with Crippen LogP contribution in [0, 0.1) is 6.92 Å². The predicted molar refractivity (Wildman–Crippen MR) is 67.9 cm³/mol. The number of sulfonamides is 1. The van der Waals surface area contributed by atoms with Crippen molar-refractivity contribution >= 4 is 15.7 Å². The number of pyridine rings is 1. The van der Waals surface area contributed by atoms with Crippen molar-refractivity contribution < 1.29 is 13.5 Å². The number of benzene rings is 1. The van der Waals surface area contributed by atoms with Gasteiger partial charge in [-0.05, 0) is 31.2 Å². The highest BCUT2D eigenvalue weighted by Gasteiger charge is 2.17. The maximum Gasteiger partial charge on any atom is 0.265 e. The summed E-state index contributed by atoms with van der Waals surface area (Å²) in [5.41, 5.74) is 1.11. The Morgan fingerprint density at radius 1 is 1.22 bits per heavy atom. The lowest BCUT2D eigenvalue weighted by Crippen LogP contribution is -2.13. The van der Waals surface area contributed by atoms with E-state index in [2.05, 4.69) is 9.71 Å². The first-order chi connectivity index (χ1) is 8.49. The molecule has 1 aromatic carbocycles. The lowest BCUT2D eigenvalue weighted by atomic mass is 10.3. The normalized spacial score (nSPS) is 11.2. The Bertz CT molecular complexity index is 669. The second kappa shape index (κ2) is 4.66. The van der Waals surface area contributed by atoms with Crippen LogP contribution in [0.15, 0.2) is 47.5 Å². The summed E-state index contributed by atoms with van der Waals surface area (Å²) in [5.74, 6) is -0.282. The number of aromatic hydroxyl groups is 1. The highest BCUT2D eigenvalue weighted by atomic mass is 32.2. The predicted octanol–water partition coefficient (Wildman–Crippen LogP) is 1.90. The second-order valence-electron chi connectivity index (χ2n) is 3.76. The van der Waals surface area contributed by atoms with Gasteiger partial charge in [-0.15, -0.1) is 0 Å². The molecular formula is C12H12N2O3S. The summed E-state index contributed by atoms with van der Waals surface area (Å²) in [6.07, 6.45) is 1.51. The number of hydrogen-bond acceptors (Lipinski definition) is 4. The zero-order chi connectivity index (χ0) is 13.2. The number of hydrogen-bond donors (Lipinski definition) is 2. The van der Waals surface area contributed by atoms with Crippen molar-refractivity contribution in [1.82, 2.24) is 4.98 Å². The molecule has 0 radical (unpaired) electrons. The van der Waals surface area contributed by atoms with Gasteiger partial charge in [0.15, 0.2) is 0 Å². The van der Waals surface area contributed by atoms with Crippen LogP contribution in [0.1, 0.15) is 5.69 Å². The molecule has 6 heteroatoms. The van der Waals surface area contributed by atoms with Gasteiger partial charge in [0.2, 0.25) is 0 Å². The number of phenols is 1. The number of aromatic nitrogens is 1. The minimum absolute atomic E-state index is 0.153. The largest absolute Gasteiger partial charge is 0.507 e. The van der Waals surface area contributed by atoms with Crippen LogP contribution in [0.25, 0.3) is 0 Å². The van der Waals surface area contributed by atoms with Crippen molar-refractivity contribution in [2.24, 2.45) is 0 Å². The third kappa shape index (κ3) is 2.60. The molecule has 2 N–H and O–H groups in total. The first-order valence-corrected chi connectivity index (χ1v) is 6.71. The average Bonchev–Trinajstić information content (AvgIpc) is 2.28. The number of anilines is 1. The molecule has 0 saturated carbocycles. The molecule has 2 rings (SSSR count). The fourth-order valence-electron chi connectivity index (χ4n) is 1.50. The van der Waals surface area contributed by atoms with Crippen LogP contribution in [-0.2, 0) is 10.0 Å². The topological polar surface area (TPSA) is 79.3 Å². The van der Waals surface area contributed by atoms with Crippen molar-refractivity contribution in [3.63, 3.8) is 0 Å². The Hall–Kier alpha value is -2.08. The van der Waals surface area contributed by atoms with E-state index >= 15 is 0 Å². The average molecular weight is 264 g/mol. The van der Waals surface area contributed by atoms with E-state index in [1.807, 2.05) is 0 Å². The molecule has 94 valence electrons. The fourth-order valence-corrected chi connectivity index (χ4v) is 2.65. The quantitative estimate of drug-likeness (QED) is 0.887. The molecule has 0 unspecified atom stereocenters. The Balaban J connectivity index is 2.37. The molecular weight excluding hydrogens is 252 g/mol. The lowest BCUT2D eigenvalue weighted by molar-refractivity contribution is 0.459.